The molecule has 2 amide bonds. The number of benzene rings is 1. The van der Waals surface area contributed by atoms with Gasteiger partial charge in [-0.2, -0.15) is 0 Å². The molecule has 152 valence electrons. The number of pyridine rings is 1. The lowest BCUT2D eigenvalue weighted by atomic mass is 9.77. The highest BCUT2D eigenvalue weighted by molar-refractivity contribution is 6.30. The number of methoxy groups -OCH3 is 1. The number of hydrogen-bond acceptors (Lipinski definition) is 4. The third-order valence-electron chi connectivity index (χ3n) is 5.62. The summed E-state index contributed by atoms with van der Waals surface area (Å²) in [6.45, 7) is 0.0706. The summed E-state index contributed by atoms with van der Waals surface area (Å²) in [7, 11) is 1.41. The Balaban J connectivity index is 1.64. The lowest BCUT2D eigenvalue weighted by Gasteiger charge is -2.45. The number of ether oxygens (including phenoxy) is 1. The predicted octanol–water partition coefficient (Wildman–Crippen LogP) is 3.43. The van der Waals surface area contributed by atoms with Crippen LogP contribution < -0.4 is 9.64 Å². The van der Waals surface area contributed by atoms with Crippen LogP contribution in [0.15, 0.2) is 36.5 Å². The molecule has 1 aromatic carbocycles. The summed E-state index contributed by atoms with van der Waals surface area (Å²) in [6.07, 6.45) is 4.10. The SMILES string of the molecule is COc1cnc(N2CC(=O)N(Cc3ccc(Cl)cc3)[C@@H](C3CCC3)C2=O)c(F)c1. The Hall–Kier alpha value is -2.67. The lowest BCUT2D eigenvalue weighted by Crippen LogP contribution is -2.63. The summed E-state index contributed by atoms with van der Waals surface area (Å²) in [6, 6.07) is 7.75. The fourth-order valence-corrected chi connectivity index (χ4v) is 3.97. The molecule has 0 radical (unpaired) electrons. The molecule has 2 heterocycles. The Morgan fingerprint density at radius 1 is 1.24 bits per heavy atom. The zero-order valence-corrected chi connectivity index (χ0v) is 16.7. The minimum atomic E-state index is -0.691. The van der Waals surface area contributed by atoms with Crippen LogP contribution >= 0.6 is 11.6 Å². The van der Waals surface area contributed by atoms with Crippen molar-refractivity contribution in [1.82, 2.24) is 9.88 Å². The number of anilines is 1. The van der Waals surface area contributed by atoms with Crippen molar-refractivity contribution in [2.24, 2.45) is 5.92 Å². The molecule has 1 aromatic heterocycles. The second-order valence-electron chi connectivity index (χ2n) is 7.39. The van der Waals surface area contributed by atoms with E-state index in [1.54, 1.807) is 17.0 Å². The highest BCUT2D eigenvalue weighted by Crippen LogP contribution is 2.37. The van der Waals surface area contributed by atoms with Gasteiger partial charge in [0.1, 0.15) is 18.3 Å². The number of carbonyl (C=O) groups excluding carboxylic acids is 2. The highest BCUT2D eigenvalue weighted by Gasteiger charge is 2.46. The summed E-state index contributed by atoms with van der Waals surface area (Å²) in [5.74, 6) is -1.03. The monoisotopic (exact) mass is 417 g/mol. The van der Waals surface area contributed by atoms with Crippen LogP contribution in [-0.4, -0.2) is 41.4 Å². The molecule has 2 aliphatic rings. The van der Waals surface area contributed by atoms with Gasteiger partial charge in [0.25, 0.3) is 5.91 Å². The highest BCUT2D eigenvalue weighted by atomic mass is 35.5. The van der Waals surface area contributed by atoms with E-state index in [2.05, 4.69) is 4.98 Å². The van der Waals surface area contributed by atoms with Crippen molar-refractivity contribution in [3.8, 4) is 5.75 Å². The molecular weight excluding hydrogens is 397 g/mol. The molecule has 1 aliphatic carbocycles. The molecule has 29 heavy (non-hydrogen) atoms. The number of nitrogens with zero attached hydrogens (tertiary/aromatic N) is 3. The van der Waals surface area contributed by atoms with Gasteiger partial charge in [-0.3, -0.25) is 14.5 Å². The second kappa shape index (κ2) is 7.99. The summed E-state index contributed by atoms with van der Waals surface area (Å²) in [5.41, 5.74) is 0.891. The van der Waals surface area contributed by atoms with Crippen LogP contribution in [0.2, 0.25) is 5.02 Å². The Kier molecular flexibility index (Phi) is 5.41. The van der Waals surface area contributed by atoms with Gasteiger partial charge in [0.05, 0.1) is 13.3 Å². The van der Waals surface area contributed by atoms with Crippen LogP contribution in [0.3, 0.4) is 0 Å². The first-order valence-corrected chi connectivity index (χ1v) is 9.90. The molecule has 2 aromatic rings. The van der Waals surface area contributed by atoms with E-state index in [0.29, 0.717) is 11.6 Å². The summed E-state index contributed by atoms with van der Waals surface area (Å²) in [4.78, 5) is 33.2. The largest absolute Gasteiger partial charge is 0.495 e. The first kappa shape index (κ1) is 19.6. The molecule has 0 unspecified atom stereocenters. The van der Waals surface area contributed by atoms with Gasteiger partial charge >= 0.3 is 0 Å². The first-order valence-electron chi connectivity index (χ1n) is 9.52. The molecule has 0 spiro atoms. The van der Waals surface area contributed by atoms with Crippen molar-refractivity contribution in [3.05, 3.63) is 52.9 Å². The van der Waals surface area contributed by atoms with E-state index in [9.17, 15) is 14.0 Å². The molecule has 1 atom stereocenters. The van der Waals surface area contributed by atoms with Crippen molar-refractivity contribution in [3.63, 3.8) is 0 Å². The molecule has 1 saturated heterocycles. The fourth-order valence-electron chi connectivity index (χ4n) is 3.84. The Morgan fingerprint density at radius 2 is 1.97 bits per heavy atom. The van der Waals surface area contributed by atoms with E-state index in [0.717, 1.165) is 24.8 Å². The van der Waals surface area contributed by atoms with Gasteiger partial charge in [-0.05, 0) is 36.5 Å². The van der Waals surface area contributed by atoms with E-state index in [1.165, 1.54) is 24.3 Å². The van der Waals surface area contributed by atoms with Gasteiger partial charge in [0.2, 0.25) is 5.91 Å². The molecule has 0 bridgehead atoms. The van der Waals surface area contributed by atoms with E-state index in [-0.39, 0.29) is 35.8 Å². The maximum Gasteiger partial charge on any atom is 0.251 e. The van der Waals surface area contributed by atoms with E-state index >= 15 is 0 Å². The van der Waals surface area contributed by atoms with Gasteiger partial charge in [-0.15, -0.1) is 0 Å². The number of aromatic nitrogens is 1. The Morgan fingerprint density at radius 3 is 2.55 bits per heavy atom. The van der Waals surface area contributed by atoms with E-state index in [1.807, 2.05) is 12.1 Å². The number of carbonyl (C=O) groups is 2. The predicted molar refractivity (Wildman–Crippen MR) is 106 cm³/mol. The van der Waals surface area contributed by atoms with E-state index < -0.39 is 11.9 Å². The van der Waals surface area contributed by atoms with Gasteiger partial charge in [0.15, 0.2) is 11.6 Å². The van der Waals surface area contributed by atoms with Crippen molar-refractivity contribution >= 4 is 29.2 Å². The minimum absolute atomic E-state index is 0.0721. The second-order valence-corrected chi connectivity index (χ2v) is 7.83. The van der Waals surface area contributed by atoms with Gasteiger partial charge in [-0.25, -0.2) is 9.37 Å². The lowest BCUT2D eigenvalue weighted by molar-refractivity contribution is -0.147. The van der Waals surface area contributed by atoms with Crippen LogP contribution in [0.5, 0.6) is 5.75 Å². The summed E-state index contributed by atoms with van der Waals surface area (Å²) in [5, 5.41) is 0.609. The van der Waals surface area contributed by atoms with Crippen LogP contribution in [0.4, 0.5) is 10.2 Å². The third-order valence-corrected chi connectivity index (χ3v) is 5.87. The number of rotatable bonds is 5. The minimum Gasteiger partial charge on any atom is -0.495 e. The molecule has 1 aliphatic heterocycles. The topological polar surface area (TPSA) is 62.7 Å². The zero-order valence-electron chi connectivity index (χ0n) is 16.0. The van der Waals surface area contributed by atoms with Gasteiger partial charge < -0.3 is 9.64 Å². The molecule has 6 nitrogen and oxygen atoms in total. The van der Waals surface area contributed by atoms with E-state index in [4.69, 9.17) is 16.3 Å². The quantitative estimate of drug-likeness (QED) is 0.747. The normalized spacial score (nSPS) is 20.0. The number of piperazine rings is 1. The van der Waals surface area contributed by atoms with Crippen LogP contribution in [0, 0.1) is 11.7 Å². The maximum absolute atomic E-state index is 14.6. The van der Waals surface area contributed by atoms with Gasteiger partial charge in [0, 0.05) is 17.6 Å². The van der Waals surface area contributed by atoms with Crippen LogP contribution in [0.1, 0.15) is 24.8 Å². The van der Waals surface area contributed by atoms with Crippen molar-refractivity contribution in [2.75, 3.05) is 18.6 Å². The Labute approximate surface area is 173 Å². The molecule has 0 N–H and O–H groups in total. The van der Waals surface area contributed by atoms with Crippen molar-refractivity contribution in [1.29, 1.82) is 0 Å². The van der Waals surface area contributed by atoms with Crippen LogP contribution in [-0.2, 0) is 16.1 Å². The molecule has 4 rings (SSSR count). The maximum atomic E-state index is 14.6. The Bertz CT molecular complexity index is 933. The molecular formula is C21H21ClFN3O3. The summed E-state index contributed by atoms with van der Waals surface area (Å²) >= 11 is 5.95. The summed E-state index contributed by atoms with van der Waals surface area (Å²) < 4.78 is 19.5. The molecule has 8 heteroatoms. The average Bonchev–Trinajstić information content (AvgIpc) is 2.67. The number of halogens is 2. The standard InChI is InChI=1S/C21H21ClFN3O3/c1-29-16-9-17(23)20(24-10-16)26-12-18(27)25(11-13-5-7-15(22)8-6-13)19(21(26)28)14-3-2-4-14/h5-10,14,19H,2-4,11-12H2,1H3/t19-/m0/s1. The average molecular weight is 418 g/mol. The van der Waals surface area contributed by atoms with Crippen molar-refractivity contribution in [2.45, 2.75) is 31.8 Å². The smallest absolute Gasteiger partial charge is 0.251 e. The third kappa shape index (κ3) is 3.79. The van der Waals surface area contributed by atoms with Crippen LogP contribution in [0.25, 0.3) is 0 Å². The molecule has 1 saturated carbocycles. The van der Waals surface area contributed by atoms with Crippen molar-refractivity contribution < 1.29 is 18.7 Å². The zero-order chi connectivity index (χ0) is 20.5. The molecule has 2 fully saturated rings. The first-order chi connectivity index (χ1) is 14.0. The number of hydrogen-bond donors (Lipinski definition) is 0. The van der Waals surface area contributed by atoms with Gasteiger partial charge in [-0.1, -0.05) is 30.2 Å². The number of amides is 2. The fraction of sp³-hybridized carbons (Fsp3) is 0.381.